The Morgan fingerprint density at radius 1 is 1.15 bits per heavy atom. The summed E-state index contributed by atoms with van der Waals surface area (Å²) in [5.74, 6) is -1.39. The van der Waals surface area contributed by atoms with Gasteiger partial charge in [-0.3, -0.25) is 9.78 Å². The van der Waals surface area contributed by atoms with E-state index in [1.54, 1.807) is 18.3 Å². The number of carbonyl (C=O) groups excluding carboxylic acids is 1. The molecule has 0 bridgehead atoms. The summed E-state index contributed by atoms with van der Waals surface area (Å²) in [6.07, 6.45) is 2.80. The van der Waals surface area contributed by atoms with Gasteiger partial charge in [0.25, 0.3) is 5.91 Å². The summed E-state index contributed by atoms with van der Waals surface area (Å²) in [7, 11) is 0. The van der Waals surface area contributed by atoms with Crippen LogP contribution in [-0.2, 0) is 4.79 Å². The topological polar surface area (TPSA) is 79.3 Å². The summed E-state index contributed by atoms with van der Waals surface area (Å²) >= 11 is 0. The lowest BCUT2D eigenvalue weighted by Crippen LogP contribution is -2.41. The van der Waals surface area contributed by atoms with Crippen LogP contribution in [0.25, 0.3) is 11.3 Å². The van der Waals surface area contributed by atoms with E-state index in [0.717, 1.165) is 16.8 Å². The Balaban J connectivity index is 2.22. The van der Waals surface area contributed by atoms with Gasteiger partial charge < -0.3 is 10.4 Å². The van der Waals surface area contributed by atoms with Crippen molar-refractivity contribution in [3.05, 3.63) is 53.7 Å². The molecule has 2 aromatic rings. The predicted octanol–water partition coefficient (Wildman–Crippen LogP) is 4.07. The second-order valence-corrected chi connectivity index (χ2v) is 7.66. The van der Waals surface area contributed by atoms with E-state index in [0.29, 0.717) is 18.4 Å². The van der Waals surface area contributed by atoms with Crippen LogP contribution in [0.2, 0.25) is 0 Å². The second-order valence-electron chi connectivity index (χ2n) is 7.66. The fourth-order valence-corrected chi connectivity index (χ4v) is 2.75. The Bertz CT molecular complexity index is 780. The summed E-state index contributed by atoms with van der Waals surface area (Å²) in [4.78, 5) is 28.6. The quantitative estimate of drug-likeness (QED) is 0.820. The Kier molecular flexibility index (Phi) is 6.14. The number of pyridine rings is 1. The van der Waals surface area contributed by atoms with Crippen LogP contribution in [0.4, 0.5) is 0 Å². The minimum atomic E-state index is -1.01. The van der Waals surface area contributed by atoms with E-state index in [1.807, 2.05) is 52.0 Å². The molecule has 1 aromatic carbocycles. The molecule has 1 unspecified atom stereocenters. The number of carboxylic acid groups (broad SMARTS) is 1. The SMILES string of the molecule is Cc1c(C(=O)NC(CCC(C)(C)C)C(=O)O)cccc1-c1ccccn1. The van der Waals surface area contributed by atoms with Crippen molar-refractivity contribution < 1.29 is 14.7 Å². The minimum Gasteiger partial charge on any atom is -0.480 e. The van der Waals surface area contributed by atoms with Crippen LogP contribution >= 0.6 is 0 Å². The van der Waals surface area contributed by atoms with Crippen LogP contribution in [0.3, 0.4) is 0 Å². The van der Waals surface area contributed by atoms with Gasteiger partial charge in [-0.25, -0.2) is 4.79 Å². The van der Waals surface area contributed by atoms with Crippen molar-refractivity contribution in [1.82, 2.24) is 10.3 Å². The third-order valence-corrected chi connectivity index (χ3v) is 4.31. The van der Waals surface area contributed by atoms with Crippen LogP contribution < -0.4 is 5.32 Å². The van der Waals surface area contributed by atoms with E-state index in [4.69, 9.17) is 0 Å². The highest BCUT2D eigenvalue weighted by Gasteiger charge is 2.24. The number of amides is 1. The van der Waals surface area contributed by atoms with Crippen molar-refractivity contribution in [3.8, 4) is 11.3 Å². The maximum absolute atomic E-state index is 12.7. The first-order valence-electron chi connectivity index (χ1n) is 8.74. The molecule has 1 amide bonds. The molecular formula is C21H26N2O3. The number of hydrogen-bond acceptors (Lipinski definition) is 3. The molecule has 5 heteroatoms. The zero-order chi connectivity index (χ0) is 19.3. The van der Waals surface area contributed by atoms with E-state index < -0.39 is 12.0 Å². The number of aliphatic carboxylic acids is 1. The molecule has 2 rings (SSSR count). The van der Waals surface area contributed by atoms with Crippen LogP contribution in [0.1, 0.15) is 49.5 Å². The number of carboxylic acids is 1. The molecule has 0 aliphatic rings. The molecule has 1 heterocycles. The standard InChI is InChI=1S/C21H26N2O3/c1-14-15(17-10-5-6-13-22-17)8-7-9-16(14)19(24)23-18(20(25)26)11-12-21(2,3)4/h5-10,13,18H,11-12H2,1-4H3,(H,23,24)(H,25,26). The van der Waals surface area contributed by atoms with E-state index in [2.05, 4.69) is 10.3 Å². The van der Waals surface area contributed by atoms with Gasteiger partial charge >= 0.3 is 5.97 Å². The smallest absolute Gasteiger partial charge is 0.326 e. The van der Waals surface area contributed by atoms with Gasteiger partial charge in [0.2, 0.25) is 0 Å². The number of benzene rings is 1. The average Bonchev–Trinajstić information content (AvgIpc) is 2.58. The number of aromatic nitrogens is 1. The van der Waals surface area contributed by atoms with Crippen LogP contribution in [0, 0.1) is 12.3 Å². The first-order valence-corrected chi connectivity index (χ1v) is 8.74. The molecule has 0 saturated carbocycles. The zero-order valence-electron chi connectivity index (χ0n) is 15.7. The van der Waals surface area contributed by atoms with Crippen molar-refractivity contribution in [2.75, 3.05) is 0 Å². The molecule has 5 nitrogen and oxygen atoms in total. The molecular weight excluding hydrogens is 328 g/mol. The van der Waals surface area contributed by atoms with Crippen molar-refractivity contribution in [2.45, 2.75) is 46.6 Å². The van der Waals surface area contributed by atoms with Gasteiger partial charge in [-0.15, -0.1) is 0 Å². The van der Waals surface area contributed by atoms with Gasteiger partial charge in [-0.1, -0.05) is 39.0 Å². The summed E-state index contributed by atoms with van der Waals surface area (Å²) < 4.78 is 0. The summed E-state index contributed by atoms with van der Waals surface area (Å²) in [5, 5.41) is 12.1. The van der Waals surface area contributed by atoms with Gasteiger partial charge in [0.1, 0.15) is 6.04 Å². The van der Waals surface area contributed by atoms with Crippen LogP contribution in [0.5, 0.6) is 0 Å². The van der Waals surface area contributed by atoms with Gasteiger partial charge in [-0.2, -0.15) is 0 Å². The molecule has 1 atom stereocenters. The third kappa shape index (κ3) is 5.15. The second kappa shape index (κ2) is 8.13. The molecule has 0 fully saturated rings. The summed E-state index contributed by atoms with van der Waals surface area (Å²) in [6.45, 7) is 8.00. The Hall–Kier alpha value is -2.69. The average molecular weight is 354 g/mol. The number of nitrogens with one attached hydrogen (secondary N) is 1. The molecule has 138 valence electrons. The number of hydrogen-bond donors (Lipinski definition) is 2. The van der Waals surface area contributed by atoms with E-state index in [9.17, 15) is 14.7 Å². The van der Waals surface area contributed by atoms with Crippen molar-refractivity contribution in [1.29, 1.82) is 0 Å². The first-order chi connectivity index (χ1) is 12.2. The molecule has 0 saturated heterocycles. The van der Waals surface area contributed by atoms with Gasteiger partial charge in [0, 0.05) is 17.3 Å². The highest BCUT2D eigenvalue weighted by molar-refractivity contribution is 5.99. The lowest BCUT2D eigenvalue weighted by molar-refractivity contribution is -0.139. The van der Waals surface area contributed by atoms with E-state index >= 15 is 0 Å². The molecule has 0 aliphatic carbocycles. The Morgan fingerprint density at radius 3 is 2.46 bits per heavy atom. The fraction of sp³-hybridized carbons (Fsp3) is 0.381. The molecule has 2 N–H and O–H groups in total. The first kappa shape index (κ1) is 19.6. The molecule has 26 heavy (non-hydrogen) atoms. The highest BCUT2D eigenvalue weighted by Crippen LogP contribution is 2.25. The minimum absolute atomic E-state index is 0.00718. The molecule has 0 spiro atoms. The monoisotopic (exact) mass is 354 g/mol. The van der Waals surface area contributed by atoms with E-state index in [-0.39, 0.29) is 11.3 Å². The van der Waals surface area contributed by atoms with Gasteiger partial charge in [0.15, 0.2) is 0 Å². The van der Waals surface area contributed by atoms with Gasteiger partial charge in [-0.05, 0) is 48.9 Å². The van der Waals surface area contributed by atoms with Crippen molar-refractivity contribution in [2.24, 2.45) is 5.41 Å². The lowest BCUT2D eigenvalue weighted by atomic mass is 9.88. The Labute approximate surface area is 154 Å². The fourth-order valence-electron chi connectivity index (χ4n) is 2.75. The maximum Gasteiger partial charge on any atom is 0.326 e. The molecule has 0 aliphatic heterocycles. The number of carbonyl (C=O) groups is 2. The summed E-state index contributed by atoms with van der Waals surface area (Å²) in [6, 6.07) is 10.1. The normalized spacial score (nSPS) is 12.5. The zero-order valence-corrected chi connectivity index (χ0v) is 15.7. The highest BCUT2D eigenvalue weighted by atomic mass is 16.4. The number of nitrogens with zero attached hydrogens (tertiary/aromatic N) is 1. The molecule has 1 aromatic heterocycles. The Morgan fingerprint density at radius 2 is 1.88 bits per heavy atom. The predicted molar refractivity (Wildman–Crippen MR) is 102 cm³/mol. The van der Waals surface area contributed by atoms with Crippen molar-refractivity contribution >= 4 is 11.9 Å². The van der Waals surface area contributed by atoms with Crippen LogP contribution in [0.15, 0.2) is 42.6 Å². The maximum atomic E-state index is 12.7. The van der Waals surface area contributed by atoms with Crippen molar-refractivity contribution in [3.63, 3.8) is 0 Å². The third-order valence-electron chi connectivity index (χ3n) is 4.31. The largest absolute Gasteiger partial charge is 0.480 e. The summed E-state index contributed by atoms with van der Waals surface area (Å²) in [5.41, 5.74) is 2.90. The van der Waals surface area contributed by atoms with Gasteiger partial charge in [0.05, 0.1) is 5.69 Å². The number of rotatable bonds is 6. The van der Waals surface area contributed by atoms with Crippen LogP contribution in [-0.4, -0.2) is 28.0 Å². The van der Waals surface area contributed by atoms with E-state index in [1.165, 1.54) is 0 Å². The lowest BCUT2D eigenvalue weighted by Gasteiger charge is -2.22. The molecule has 0 radical (unpaired) electrons.